The molecule has 2 atom stereocenters. The van der Waals surface area contributed by atoms with Crippen LogP contribution in [0.25, 0.3) is 28.2 Å². The highest BCUT2D eigenvalue weighted by molar-refractivity contribution is 6.12. The standard InChI is InChI=1S/C38H33N3O3/c1-43-29-19-15-25(16-20-29)23-28-11-8-13-32-36(28)40-41(37(32)27-17-21-30(44-2)22-18-27)38(42)33-24-35(26-9-4-3-5-10-26)39-34-14-7-6-12-31(33)34/h3-7,9-10,12,14-24,32,37H,8,11,13H2,1-2H3/b28-23+/t32-,37-/m0/s1. The van der Waals surface area contributed by atoms with Crippen molar-refractivity contribution in [1.29, 1.82) is 0 Å². The van der Waals surface area contributed by atoms with Crippen molar-refractivity contribution in [2.24, 2.45) is 11.0 Å². The molecule has 0 saturated heterocycles. The molecule has 1 aliphatic heterocycles. The molecule has 1 aliphatic carbocycles. The minimum atomic E-state index is -0.241. The molecule has 0 radical (unpaired) electrons. The lowest BCUT2D eigenvalue weighted by molar-refractivity contribution is 0.0683. The van der Waals surface area contributed by atoms with Gasteiger partial charge in [-0.3, -0.25) is 4.79 Å². The van der Waals surface area contributed by atoms with Crippen LogP contribution in [-0.2, 0) is 0 Å². The molecule has 0 N–H and O–H groups in total. The van der Waals surface area contributed by atoms with Gasteiger partial charge in [-0.05, 0) is 78.4 Å². The van der Waals surface area contributed by atoms with E-state index < -0.39 is 0 Å². The van der Waals surface area contributed by atoms with Crippen LogP contribution in [0.1, 0.15) is 46.8 Å². The lowest BCUT2D eigenvalue weighted by Crippen LogP contribution is -2.32. The van der Waals surface area contributed by atoms with Crippen molar-refractivity contribution in [3.63, 3.8) is 0 Å². The van der Waals surface area contributed by atoms with Gasteiger partial charge in [-0.1, -0.05) is 72.8 Å². The summed E-state index contributed by atoms with van der Waals surface area (Å²) in [5.41, 5.74) is 7.38. The highest BCUT2D eigenvalue weighted by Gasteiger charge is 2.44. The molecule has 5 aromatic rings. The fourth-order valence-corrected chi connectivity index (χ4v) is 6.44. The van der Waals surface area contributed by atoms with Gasteiger partial charge in [-0.15, -0.1) is 0 Å². The summed E-state index contributed by atoms with van der Waals surface area (Å²) in [6, 6.07) is 35.6. The second-order valence-electron chi connectivity index (χ2n) is 11.2. The molecule has 1 fully saturated rings. The lowest BCUT2D eigenvalue weighted by atomic mass is 9.77. The molecular weight excluding hydrogens is 546 g/mol. The number of hydrogen-bond donors (Lipinski definition) is 0. The zero-order valence-corrected chi connectivity index (χ0v) is 24.8. The molecule has 44 heavy (non-hydrogen) atoms. The van der Waals surface area contributed by atoms with E-state index in [1.54, 1.807) is 19.2 Å². The number of pyridine rings is 1. The summed E-state index contributed by atoms with van der Waals surface area (Å²) < 4.78 is 10.8. The van der Waals surface area contributed by atoms with Gasteiger partial charge in [0.15, 0.2) is 0 Å². The molecule has 1 amide bonds. The highest BCUT2D eigenvalue weighted by Crippen LogP contribution is 2.45. The molecule has 1 saturated carbocycles. The predicted octanol–water partition coefficient (Wildman–Crippen LogP) is 8.36. The molecule has 4 aromatic carbocycles. The van der Waals surface area contributed by atoms with Crippen molar-refractivity contribution >= 4 is 28.6 Å². The molecule has 2 aliphatic rings. The van der Waals surface area contributed by atoms with Crippen molar-refractivity contribution in [2.45, 2.75) is 25.3 Å². The number of fused-ring (bicyclic) bond motifs is 2. The first-order valence-electron chi connectivity index (χ1n) is 15.0. The Kier molecular flexibility index (Phi) is 7.40. The fourth-order valence-electron chi connectivity index (χ4n) is 6.44. The van der Waals surface area contributed by atoms with Crippen LogP contribution in [0.3, 0.4) is 0 Å². The molecule has 1 aromatic heterocycles. The van der Waals surface area contributed by atoms with E-state index in [4.69, 9.17) is 19.6 Å². The van der Waals surface area contributed by atoms with E-state index in [9.17, 15) is 4.79 Å². The lowest BCUT2D eigenvalue weighted by Gasteiger charge is -2.30. The van der Waals surface area contributed by atoms with E-state index in [0.29, 0.717) is 5.56 Å². The minimum Gasteiger partial charge on any atom is -0.497 e. The monoisotopic (exact) mass is 579 g/mol. The predicted molar refractivity (Wildman–Crippen MR) is 175 cm³/mol. The van der Waals surface area contributed by atoms with Gasteiger partial charge in [0.1, 0.15) is 11.5 Å². The smallest absolute Gasteiger partial charge is 0.275 e. The summed E-state index contributed by atoms with van der Waals surface area (Å²) in [6.07, 6.45) is 5.09. The topological polar surface area (TPSA) is 64.0 Å². The summed E-state index contributed by atoms with van der Waals surface area (Å²) >= 11 is 0. The number of amides is 1. The van der Waals surface area contributed by atoms with Crippen LogP contribution < -0.4 is 9.47 Å². The minimum absolute atomic E-state index is 0.0762. The maximum Gasteiger partial charge on any atom is 0.275 e. The maximum absolute atomic E-state index is 14.8. The van der Waals surface area contributed by atoms with Gasteiger partial charge >= 0.3 is 0 Å². The van der Waals surface area contributed by atoms with Crippen molar-refractivity contribution in [3.8, 4) is 22.8 Å². The van der Waals surface area contributed by atoms with Gasteiger partial charge in [0, 0.05) is 16.9 Å². The zero-order valence-electron chi connectivity index (χ0n) is 24.8. The number of benzene rings is 4. The summed E-state index contributed by atoms with van der Waals surface area (Å²) in [5.74, 6) is 1.55. The summed E-state index contributed by atoms with van der Waals surface area (Å²) in [5, 5.41) is 7.71. The first-order chi connectivity index (χ1) is 21.6. The summed E-state index contributed by atoms with van der Waals surface area (Å²) in [6.45, 7) is 0. The third-order valence-corrected chi connectivity index (χ3v) is 8.64. The Morgan fingerprint density at radius 2 is 1.52 bits per heavy atom. The van der Waals surface area contributed by atoms with Crippen LogP contribution >= 0.6 is 0 Å². The van der Waals surface area contributed by atoms with Gasteiger partial charge < -0.3 is 9.47 Å². The Balaban J connectivity index is 1.36. The molecule has 7 rings (SSSR count). The number of hydrazone groups is 1. The van der Waals surface area contributed by atoms with Crippen LogP contribution in [0, 0.1) is 5.92 Å². The largest absolute Gasteiger partial charge is 0.497 e. The number of allylic oxidation sites excluding steroid dienone is 1. The number of rotatable bonds is 6. The molecule has 2 heterocycles. The molecule has 6 nitrogen and oxygen atoms in total. The third kappa shape index (κ3) is 5.13. The van der Waals surface area contributed by atoms with E-state index in [-0.39, 0.29) is 17.9 Å². The van der Waals surface area contributed by atoms with Crippen molar-refractivity contribution in [1.82, 2.24) is 9.99 Å². The van der Waals surface area contributed by atoms with E-state index >= 15 is 0 Å². The summed E-state index contributed by atoms with van der Waals surface area (Å²) in [7, 11) is 3.34. The number of methoxy groups -OCH3 is 2. The van der Waals surface area contributed by atoms with Gasteiger partial charge in [-0.2, -0.15) is 5.10 Å². The second kappa shape index (κ2) is 11.8. The van der Waals surface area contributed by atoms with Crippen LogP contribution in [-0.4, -0.2) is 35.8 Å². The average Bonchev–Trinajstić information content (AvgIpc) is 3.49. The quantitative estimate of drug-likeness (QED) is 0.203. The third-order valence-electron chi connectivity index (χ3n) is 8.64. The van der Waals surface area contributed by atoms with Crippen molar-refractivity contribution in [2.75, 3.05) is 14.2 Å². The van der Waals surface area contributed by atoms with Gasteiger partial charge in [0.05, 0.1) is 42.7 Å². The van der Waals surface area contributed by atoms with E-state index in [2.05, 4.69) is 30.3 Å². The van der Waals surface area contributed by atoms with E-state index in [1.807, 2.05) is 84.9 Å². The van der Waals surface area contributed by atoms with Crippen LogP contribution in [0.15, 0.2) is 120 Å². The number of aromatic nitrogens is 1. The number of hydrogen-bond acceptors (Lipinski definition) is 5. The Morgan fingerprint density at radius 1 is 0.841 bits per heavy atom. The number of ether oxygens (including phenoxy) is 2. The molecule has 218 valence electrons. The van der Waals surface area contributed by atoms with Crippen LogP contribution in [0.4, 0.5) is 0 Å². The first kappa shape index (κ1) is 27.6. The molecule has 6 heteroatoms. The van der Waals surface area contributed by atoms with Gasteiger partial charge in [0.25, 0.3) is 5.91 Å². The highest BCUT2D eigenvalue weighted by atomic mass is 16.5. The van der Waals surface area contributed by atoms with Crippen LogP contribution in [0.2, 0.25) is 0 Å². The number of nitrogens with zero attached hydrogens (tertiary/aromatic N) is 3. The number of carbonyl (C=O) groups is 1. The Bertz CT molecular complexity index is 1880. The number of para-hydroxylation sites is 1. The molecule has 0 bridgehead atoms. The Morgan fingerprint density at radius 3 is 2.25 bits per heavy atom. The first-order valence-corrected chi connectivity index (χ1v) is 15.0. The Labute approximate surface area is 257 Å². The van der Waals surface area contributed by atoms with E-state index in [0.717, 1.165) is 69.8 Å². The molecule has 0 spiro atoms. The van der Waals surface area contributed by atoms with Gasteiger partial charge in [0.2, 0.25) is 0 Å². The van der Waals surface area contributed by atoms with Crippen LogP contribution in [0.5, 0.6) is 11.5 Å². The Hall–Kier alpha value is -5.23. The zero-order chi connectivity index (χ0) is 30.0. The van der Waals surface area contributed by atoms with Crippen molar-refractivity contribution < 1.29 is 14.3 Å². The second-order valence-corrected chi connectivity index (χ2v) is 11.2. The average molecular weight is 580 g/mol. The number of carbonyl (C=O) groups excluding carboxylic acids is 1. The molecular formula is C38H33N3O3. The van der Waals surface area contributed by atoms with Crippen molar-refractivity contribution in [3.05, 3.63) is 131 Å². The van der Waals surface area contributed by atoms with E-state index in [1.165, 1.54) is 5.57 Å². The maximum atomic E-state index is 14.8. The fraction of sp³-hybridized carbons (Fsp3) is 0.184. The SMILES string of the molecule is COc1ccc(/C=C2\CCC[C@H]3C2=NN(C(=O)c2cc(-c4ccccc4)nc4ccccc24)[C@H]3c2ccc(OC)cc2)cc1. The molecule has 0 unspecified atom stereocenters. The summed E-state index contributed by atoms with van der Waals surface area (Å²) in [4.78, 5) is 19.7. The normalized spacial score (nSPS) is 18.6. The van der Waals surface area contributed by atoms with Gasteiger partial charge in [-0.25, -0.2) is 9.99 Å².